The van der Waals surface area contributed by atoms with Crippen molar-refractivity contribution in [2.75, 3.05) is 39.8 Å². The lowest BCUT2D eigenvalue weighted by molar-refractivity contribution is 0.176. The normalized spacial score (nSPS) is 18.0. The van der Waals surface area contributed by atoms with Crippen LogP contribution < -0.4 is 0 Å². The van der Waals surface area contributed by atoms with E-state index in [4.69, 9.17) is 0 Å². The Kier molecular flexibility index (Phi) is 11.0. The standard InChI is InChI=1S/C12H26N2.C3H8/c1-4-13(3)9-6-12-7-10-14(5-2)11-8-12;1-3-2/h12H,4-11H2,1-3H3;3H2,1-2H3. The number of piperidine rings is 1. The molecule has 17 heavy (non-hydrogen) atoms. The molecule has 0 bridgehead atoms. The molecule has 1 rings (SSSR count). The number of likely N-dealkylation sites (tertiary alicyclic amines) is 1. The first-order valence-corrected chi connectivity index (χ1v) is 7.58. The number of hydrogen-bond donors (Lipinski definition) is 0. The van der Waals surface area contributed by atoms with Crippen molar-refractivity contribution in [2.24, 2.45) is 5.92 Å². The molecule has 0 aliphatic carbocycles. The van der Waals surface area contributed by atoms with E-state index in [0.29, 0.717) is 0 Å². The molecule has 1 heterocycles. The van der Waals surface area contributed by atoms with Crippen LogP contribution in [0.2, 0.25) is 0 Å². The molecule has 2 nitrogen and oxygen atoms in total. The largest absolute Gasteiger partial charge is 0.307 e. The SMILES string of the molecule is CCC.CCN(C)CCC1CCN(CC)CC1. The van der Waals surface area contributed by atoms with Crippen LogP contribution >= 0.6 is 0 Å². The van der Waals surface area contributed by atoms with E-state index in [1.54, 1.807) is 0 Å². The van der Waals surface area contributed by atoms with Gasteiger partial charge in [-0.05, 0) is 65.0 Å². The van der Waals surface area contributed by atoms with Gasteiger partial charge in [0.2, 0.25) is 0 Å². The summed E-state index contributed by atoms with van der Waals surface area (Å²) in [5.41, 5.74) is 0. The van der Waals surface area contributed by atoms with Crippen molar-refractivity contribution < 1.29 is 0 Å². The van der Waals surface area contributed by atoms with Crippen LogP contribution in [0.5, 0.6) is 0 Å². The van der Waals surface area contributed by atoms with Crippen molar-refractivity contribution in [1.29, 1.82) is 0 Å². The molecule has 0 atom stereocenters. The summed E-state index contributed by atoms with van der Waals surface area (Å²) in [6.45, 7) is 15.1. The maximum atomic E-state index is 2.57. The van der Waals surface area contributed by atoms with E-state index in [2.05, 4.69) is 44.5 Å². The molecule has 0 spiro atoms. The summed E-state index contributed by atoms with van der Waals surface area (Å²) in [7, 11) is 2.22. The molecule has 0 saturated carbocycles. The van der Waals surface area contributed by atoms with Gasteiger partial charge in [-0.2, -0.15) is 0 Å². The molecule has 0 aromatic carbocycles. The molecule has 0 N–H and O–H groups in total. The van der Waals surface area contributed by atoms with Gasteiger partial charge < -0.3 is 9.80 Å². The van der Waals surface area contributed by atoms with Gasteiger partial charge in [-0.25, -0.2) is 0 Å². The van der Waals surface area contributed by atoms with Crippen molar-refractivity contribution in [3.8, 4) is 0 Å². The Balaban J connectivity index is 0.000000770. The van der Waals surface area contributed by atoms with Gasteiger partial charge in [0.1, 0.15) is 0 Å². The lowest BCUT2D eigenvalue weighted by Crippen LogP contribution is -2.34. The molecule has 0 radical (unpaired) electrons. The third kappa shape index (κ3) is 8.62. The predicted molar refractivity (Wildman–Crippen MR) is 78.6 cm³/mol. The Labute approximate surface area is 109 Å². The highest BCUT2D eigenvalue weighted by Gasteiger charge is 2.17. The zero-order valence-electron chi connectivity index (χ0n) is 12.8. The molecule has 0 unspecified atom stereocenters. The summed E-state index contributed by atoms with van der Waals surface area (Å²) in [6, 6.07) is 0. The van der Waals surface area contributed by atoms with Crippen LogP contribution in [0.4, 0.5) is 0 Å². The molecule has 0 aromatic rings. The molecule has 104 valence electrons. The van der Waals surface area contributed by atoms with E-state index in [0.717, 1.165) is 5.92 Å². The Bertz CT molecular complexity index is 151. The monoisotopic (exact) mass is 242 g/mol. The lowest BCUT2D eigenvalue weighted by Gasteiger charge is -2.31. The van der Waals surface area contributed by atoms with Gasteiger partial charge in [0, 0.05) is 0 Å². The van der Waals surface area contributed by atoms with Gasteiger partial charge >= 0.3 is 0 Å². The molecule has 1 aliphatic heterocycles. The second-order valence-corrected chi connectivity index (χ2v) is 5.27. The van der Waals surface area contributed by atoms with Crippen LogP contribution in [0.1, 0.15) is 53.4 Å². The number of rotatable bonds is 5. The summed E-state index contributed by atoms with van der Waals surface area (Å²) < 4.78 is 0. The number of hydrogen-bond acceptors (Lipinski definition) is 2. The van der Waals surface area contributed by atoms with Crippen molar-refractivity contribution in [1.82, 2.24) is 9.80 Å². The maximum absolute atomic E-state index is 2.57. The second kappa shape index (κ2) is 11.0. The topological polar surface area (TPSA) is 6.48 Å². The molecular formula is C15H34N2. The summed E-state index contributed by atoms with van der Waals surface area (Å²) in [5, 5.41) is 0. The molecule has 1 fully saturated rings. The van der Waals surface area contributed by atoms with E-state index in [1.807, 2.05) is 0 Å². The van der Waals surface area contributed by atoms with Crippen molar-refractivity contribution in [2.45, 2.75) is 53.4 Å². The Morgan fingerprint density at radius 1 is 1.06 bits per heavy atom. The quantitative estimate of drug-likeness (QED) is 0.728. The minimum absolute atomic E-state index is 0.992. The van der Waals surface area contributed by atoms with Crippen LogP contribution in [0.3, 0.4) is 0 Å². The zero-order chi connectivity index (χ0) is 13.1. The smallest absolute Gasteiger partial charge is 0.00162 e. The minimum Gasteiger partial charge on any atom is -0.307 e. The average Bonchev–Trinajstić information content (AvgIpc) is 2.37. The summed E-state index contributed by atoms with van der Waals surface area (Å²) in [5.74, 6) is 0.992. The fraction of sp³-hybridized carbons (Fsp3) is 1.00. The number of nitrogens with zero attached hydrogens (tertiary/aromatic N) is 2. The van der Waals surface area contributed by atoms with Gasteiger partial charge in [0.05, 0.1) is 0 Å². The van der Waals surface area contributed by atoms with Gasteiger partial charge in [-0.3, -0.25) is 0 Å². The third-order valence-corrected chi connectivity index (χ3v) is 3.61. The highest BCUT2D eigenvalue weighted by molar-refractivity contribution is 4.72. The van der Waals surface area contributed by atoms with Crippen LogP contribution in [0.15, 0.2) is 0 Å². The fourth-order valence-electron chi connectivity index (χ4n) is 2.15. The molecule has 1 saturated heterocycles. The van der Waals surface area contributed by atoms with Gasteiger partial charge in [0.25, 0.3) is 0 Å². The van der Waals surface area contributed by atoms with Crippen molar-refractivity contribution in [3.63, 3.8) is 0 Å². The summed E-state index contributed by atoms with van der Waals surface area (Å²) in [6.07, 6.45) is 5.50. The van der Waals surface area contributed by atoms with Gasteiger partial charge in [0.15, 0.2) is 0 Å². The zero-order valence-corrected chi connectivity index (χ0v) is 12.8. The molecule has 0 amide bonds. The maximum Gasteiger partial charge on any atom is -0.00162 e. The Morgan fingerprint density at radius 3 is 2.00 bits per heavy atom. The summed E-state index contributed by atoms with van der Waals surface area (Å²) >= 11 is 0. The summed E-state index contributed by atoms with van der Waals surface area (Å²) in [4.78, 5) is 4.99. The first-order chi connectivity index (χ1) is 8.17. The van der Waals surface area contributed by atoms with E-state index in [-0.39, 0.29) is 0 Å². The van der Waals surface area contributed by atoms with Crippen molar-refractivity contribution in [3.05, 3.63) is 0 Å². The highest BCUT2D eigenvalue weighted by atomic mass is 15.1. The molecule has 2 heteroatoms. The lowest BCUT2D eigenvalue weighted by atomic mass is 9.93. The minimum atomic E-state index is 0.992. The average molecular weight is 242 g/mol. The fourth-order valence-corrected chi connectivity index (χ4v) is 2.15. The van der Waals surface area contributed by atoms with Crippen LogP contribution in [-0.4, -0.2) is 49.6 Å². The Morgan fingerprint density at radius 2 is 1.59 bits per heavy atom. The first kappa shape index (κ1) is 16.9. The van der Waals surface area contributed by atoms with Crippen molar-refractivity contribution >= 4 is 0 Å². The van der Waals surface area contributed by atoms with E-state index < -0.39 is 0 Å². The Hall–Kier alpha value is -0.0800. The van der Waals surface area contributed by atoms with Crippen LogP contribution in [0, 0.1) is 5.92 Å². The predicted octanol–water partition coefficient (Wildman–Crippen LogP) is 3.48. The van der Waals surface area contributed by atoms with E-state index in [1.165, 1.54) is 58.4 Å². The van der Waals surface area contributed by atoms with E-state index in [9.17, 15) is 0 Å². The van der Waals surface area contributed by atoms with Gasteiger partial charge in [-0.1, -0.05) is 34.1 Å². The molecule has 1 aliphatic rings. The first-order valence-electron chi connectivity index (χ1n) is 7.58. The second-order valence-electron chi connectivity index (χ2n) is 5.27. The van der Waals surface area contributed by atoms with Gasteiger partial charge in [-0.15, -0.1) is 0 Å². The molecular weight excluding hydrogens is 208 g/mol. The molecule has 0 aromatic heterocycles. The van der Waals surface area contributed by atoms with Crippen LogP contribution in [0.25, 0.3) is 0 Å². The highest BCUT2D eigenvalue weighted by Crippen LogP contribution is 2.20. The van der Waals surface area contributed by atoms with E-state index >= 15 is 0 Å². The third-order valence-electron chi connectivity index (χ3n) is 3.61. The van der Waals surface area contributed by atoms with Crippen LogP contribution in [-0.2, 0) is 0 Å².